The number of carbonyl (C=O) groups is 1. The van der Waals surface area contributed by atoms with E-state index in [0.717, 1.165) is 4.68 Å². The third-order valence-electron chi connectivity index (χ3n) is 7.88. The minimum absolute atomic E-state index is 0.00891. The molecule has 4 aromatic rings. The Morgan fingerprint density at radius 3 is 2.02 bits per heavy atom. The smallest absolute Gasteiger partial charge is 0.363 e. The van der Waals surface area contributed by atoms with Crippen molar-refractivity contribution in [3.63, 3.8) is 0 Å². The zero-order chi connectivity index (χ0) is 28.6. The van der Waals surface area contributed by atoms with Gasteiger partial charge in [0.1, 0.15) is 5.82 Å². The molecule has 3 heterocycles. The molecule has 6 nitrogen and oxygen atoms in total. The molecule has 0 radical (unpaired) electrons. The largest absolute Gasteiger partial charge is 0.410 e. The van der Waals surface area contributed by atoms with Crippen LogP contribution in [0.2, 0.25) is 5.02 Å². The zero-order valence-corrected chi connectivity index (χ0v) is 22.9. The molecule has 0 unspecified atom stereocenters. The molecule has 1 N–H and O–H groups in total. The lowest BCUT2D eigenvalue weighted by Crippen LogP contribution is -2.50. The van der Waals surface area contributed by atoms with Crippen LogP contribution in [0.5, 0.6) is 0 Å². The van der Waals surface area contributed by atoms with E-state index in [4.69, 9.17) is 11.6 Å². The number of piperazine rings is 1. The van der Waals surface area contributed by atoms with E-state index >= 15 is 0 Å². The van der Waals surface area contributed by atoms with E-state index in [0.29, 0.717) is 36.8 Å². The zero-order valence-electron chi connectivity index (χ0n) is 22.1. The monoisotopic (exact) mass is 579 g/mol. The Morgan fingerprint density at radius 2 is 1.46 bits per heavy atom. The second-order valence-electron chi connectivity index (χ2n) is 10.5. The fraction of sp³-hybridized carbons (Fsp3) is 0.290. The van der Waals surface area contributed by atoms with Crippen molar-refractivity contribution in [2.75, 3.05) is 31.5 Å². The second kappa shape index (κ2) is 11.2. The van der Waals surface area contributed by atoms with Crippen molar-refractivity contribution >= 4 is 23.3 Å². The Kier molecular flexibility index (Phi) is 7.48. The number of nitrogens with one attached hydrogen (secondary N) is 1. The summed E-state index contributed by atoms with van der Waals surface area (Å²) in [5.41, 5.74) is 3.03. The van der Waals surface area contributed by atoms with Gasteiger partial charge in [-0.25, -0.2) is 4.68 Å². The van der Waals surface area contributed by atoms with Gasteiger partial charge in [-0.1, -0.05) is 84.4 Å². The highest BCUT2D eigenvalue weighted by molar-refractivity contribution is 6.30. The second-order valence-corrected chi connectivity index (χ2v) is 10.9. The number of anilines is 1. The Labute approximate surface area is 241 Å². The normalized spacial score (nSPS) is 19.6. The number of fused-ring (bicyclic) bond motifs is 1. The average Bonchev–Trinajstić information content (AvgIpc) is 3.42. The molecule has 1 saturated heterocycles. The maximum absolute atomic E-state index is 14.1. The summed E-state index contributed by atoms with van der Waals surface area (Å²) in [6.45, 7) is 2.13. The molecule has 1 fully saturated rings. The van der Waals surface area contributed by atoms with Gasteiger partial charge in [0, 0.05) is 43.7 Å². The van der Waals surface area contributed by atoms with Gasteiger partial charge in [0.25, 0.3) is 5.91 Å². The van der Waals surface area contributed by atoms with E-state index in [1.807, 2.05) is 36.4 Å². The first kappa shape index (κ1) is 27.4. The number of nitrogens with zero attached hydrogens (tertiary/aromatic N) is 4. The van der Waals surface area contributed by atoms with Crippen LogP contribution in [0.15, 0.2) is 91.0 Å². The van der Waals surface area contributed by atoms with Gasteiger partial charge in [0.15, 0.2) is 11.7 Å². The highest BCUT2D eigenvalue weighted by atomic mass is 35.5. The van der Waals surface area contributed by atoms with E-state index in [2.05, 4.69) is 39.6 Å². The van der Waals surface area contributed by atoms with Crippen molar-refractivity contribution in [3.8, 4) is 0 Å². The summed E-state index contributed by atoms with van der Waals surface area (Å²) in [6.07, 6.45) is -4.77. The quantitative estimate of drug-likeness (QED) is 0.284. The molecular formula is C31H29ClF3N5O. The molecule has 0 saturated carbocycles. The minimum Gasteiger partial charge on any atom is -0.363 e. The first-order valence-corrected chi connectivity index (χ1v) is 14.0. The van der Waals surface area contributed by atoms with Gasteiger partial charge in [0.05, 0.1) is 12.1 Å². The van der Waals surface area contributed by atoms with Crippen molar-refractivity contribution < 1.29 is 18.0 Å². The summed E-state index contributed by atoms with van der Waals surface area (Å²) in [5.74, 6) is -0.193. The van der Waals surface area contributed by atoms with Crippen molar-refractivity contribution in [3.05, 3.63) is 118 Å². The van der Waals surface area contributed by atoms with Crippen LogP contribution in [0, 0.1) is 0 Å². The Bertz CT molecular complexity index is 1450. The molecule has 6 rings (SSSR count). The number of hydrogen-bond donors (Lipinski definition) is 1. The fourth-order valence-electron chi connectivity index (χ4n) is 5.82. The van der Waals surface area contributed by atoms with E-state index in [9.17, 15) is 18.0 Å². The molecule has 1 amide bonds. The number of halogens is 4. The SMILES string of the molecule is O=C(c1cc2n(n1)[C@H](C(F)(F)F)C[C@@H](c1ccc(Cl)cc1)N2)N1CCN(C(c2ccccc2)c2ccccc2)CC1. The summed E-state index contributed by atoms with van der Waals surface area (Å²) in [4.78, 5) is 17.5. The third-order valence-corrected chi connectivity index (χ3v) is 8.13. The molecule has 10 heteroatoms. The summed E-state index contributed by atoms with van der Waals surface area (Å²) >= 11 is 5.97. The summed E-state index contributed by atoms with van der Waals surface area (Å²) in [7, 11) is 0. The molecule has 0 spiro atoms. The summed E-state index contributed by atoms with van der Waals surface area (Å²) in [5, 5.41) is 7.83. The average molecular weight is 580 g/mol. The molecule has 1 aromatic heterocycles. The van der Waals surface area contributed by atoms with Crippen molar-refractivity contribution in [1.29, 1.82) is 0 Å². The summed E-state index contributed by atoms with van der Waals surface area (Å²) in [6, 6.07) is 26.2. The molecule has 41 heavy (non-hydrogen) atoms. The fourth-order valence-corrected chi connectivity index (χ4v) is 5.95. The van der Waals surface area contributed by atoms with Gasteiger partial charge >= 0.3 is 6.18 Å². The van der Waals surface area contributed by atoms with Crippen LogP contribution in [0.25, 0.3) is 0 Å². The van der Waals surface area contributed by atoms with Crippen molar-refractivity contribution in [2.45, 2.75) is 30.7 Å². The third kappa shape index (κ3) is 5.69. The van der Waals surface area contributed by atoms with Gasteiger partial charge in [-0.2, -0.15) is 18.3 Å². The number of hydrogen-bond acceptors (Lipinski definition) is 4. The number of carbonyl (C=O) groups excluding carboxylic acids is 1. The topological polar surface area (TPSA) is 53.4 Å². The molecule has 2 aliphatic heterocycles. The number of aromatic nitrogens is 2. The van der Waals surface area contributed by atoms with Gasteiger partial charge in [-0.3, -0.25) is 9.69 Å². The van der Waals surface area contributed by atoms with E-state index in [1.54, 1.807) is 29.2 Å². The first-order valence-electron chi connectivity index (χ1n) is 13.6. The lowest BCUT2D eigenvalue weighted by Gasteiger charge is -2.39. The molecular weight excluding hydrogens is 551 g/mol. The molecule has 212 valence electrons. The Balaban J connectivity index is 1.20. The number of amides is 1. The van der Waals surface area contributed by atoms with Crippen molar-refractivity contribution in [2.24, 2.45) is 0 Å². The van der Waals surface area contributed by atoms with Gasteiger partial charge in [-0.05, 0) is 28.8 Å². The highest BCUT2D eigenvalue weighted by Crippen LogP contribution is 2.44. The summed E-state index contributed by atoms with van der Waals surface area (Å²) < 4.78 is 43.3. The van der Waals surface area contributed by atoms with Crippen LogP contribution in [0.1, 0.15) is 51.7 Å². The van der Waals surface area contributed by atoms with E-state index in [1.165, 1.54) is 17.2 Å². The maximum Gasteiger partial charge on any atom is 0.410 e. The van der Waals surface area contributed by atoms with Crippen LogP contribution in [0.3, 0.4) is 0 Å². The molecule has 2 atom stereocenters. The van der Waals surface area contributed by atoms with Crippen LogP contribution in [0.4, 0.5) is 19.0 Å². The highest BCUT2D eigenvalue weighted by Gasteiger charge is 2.47. The number of alkyl halides is 3. The standard InChI is InChI=1S/C31H29ClF3N5O/c32-24-13-11-21(12-14-24)25-19-27(31(33,34)35)40-28(36-25)20-26(37-40)30(41)39-17-15-38(16-18-39)29(22-7-3-1-4-8-22)23-9-5-2-6-10-23/h1-14,20,25,27,29,36H,15-19H2/t25-,27-/m0/s1. The number of rotatable bonds is 5. The molecule has 0 aliphatic carbocycles. The molecule has 2 aliphatic rings. The first-order chi connectivity index (χ1) is 19.8. The van der Waals surface area contributed by atoms with E-state index in [-0.39, 0.29) is 29.9 Å². The Hall–Kier alpha value is -3.82. The van der Waals surface area contributed by atoms with Gasteiger partial charge in [-0.15, -0.1) is 0 Å². The van der Waals surface area contributed by atoms with E-state index < -0.39 is 18.3 Å². The molecule has 3 aromatic carbocycles. The van der Waals surface area contributed by atoms with Crippen LogP contribution in [-0.4, -0.2) is 57.8 Å². The lowest BCUT2D eigenvalue weighted by atomic mass is 9.96. The van der Waals surface area contributed by atoms with Gasteiger partial charge < -0.3 is 10.2 Å². The lowest BCUT2D eigenvalue weighted by molar-refractivity contribution is -0.173. The molecule has 0 bridgehead atoms. The predicted molar refractivity (Wildman–Crippen MR) is 152 cm³/mol. The van der Waals surface area contributed by atoms with Crippen molar-refractivity contribution in [1.82, 2.24) is 19.6 Å². The Morgan fingerprint density at radius 1 is 0.878 bits per heavy atom. The maximum atomic E-state index is 14.1. The van der Waals surface area contributed by atoms with Crippen LogP contribution in [-0.2, 0) is 0 Å². The minimum atomic E-state index is -4.52. The van der Waals surface area contributed by atoms with Crippen LogP contribution < -0.4 is 5.32 Å². The number of benzene rings is 3. The predicted octanol–water partition coefficient (Wildman–Crippen LogP) is 6.74. The van der Waals surface area contributed by atoms with Crippen LogP contribution >= 0.6 is 11.6 Å². The van der Waals surface area contributed by atoms with Gasteiger partial charge in [0.2, 0.25) is 0 Å².